The van der Waals surface area contributed by atoms with E-state index in [2.05, 4.69) is 12.1 Å². The quantitative estimate of drug-likeness (QED) is 0.807. The van der Waals surface area contributed by atoms with Crippen LogP contribution in [0.5, 0.6) is 11.5 Å². The number of rotatable bonds is 4. The lowest BCUT2D eigenvalue weighted by molar-refractivity contribution is 0.357. The molecule has 1 fully saturated rings. The van der Waals surface area contributed by atoms with Crippen LogP contribution in [0.15, 0.2) is 35.2 Å². The van der Waals surface area contributed by atoms with Crippen LogP contribution in [-0.2, 0) is 16.4 Å². The van der Waals surface area contributed by atoms with Gasteiger partial charge in [0, 0.05) is 19.5 Å². The third-order valence-corrected chi connectivity index (χ3v) is 7.62. The van der Waals surface area contributed by atoms with E-state index < -0.39 is 10.0 Å². The van der Waals surface area contributed by atoms with Crippen molar-refractivity contribution in [2.45, 2.75) is 37.5 Å². The lowest BCUT2D eigenvalue weighted by atomic mass is 9.96. The van der Waals surface area contributed by atoms with Gasteiger partial charge in [-0.2, -0.15) is 4.31 Å². The van der Waals surface area contributed by atoms with Crippen molar-refractivity contribution in [1.82, 2.24) is 4.31 Å². The highest BCUT2D eigenvalue weighted by Crippen LogP contribution is 2.37. The van der Waals surface area contributed by atoms with E-state index >= 15 is 0 Å². The Kier molecular flexibility index (Phi) is 4.64. The Morgan fingerprint density at radius 3 is 2.70 bits per heavy atom. The number of nitrogens with zero attached hydrogens (tertiary/aromatic N) is 1. The predicted molar refractivity (Wildman–Crippen MR) is 104 cm³/mol. The molecule has 144 valence electrons. The maximum Gasteiger partial charge on any atom is 0.246 e. The third-order valence-electron chi connectivity index (χ3n) is 5.73. The molecule has 5 nitrogen and oxygen atoms in total. The molecule has 6 heteroatoms. The Bertz CT molecular complexity index is 984. The summed E-state index contributed by atoms with van der Waals surface area (Å²) in [6, 6.07) is 9.79. The van der Waals surface area contributed by atoms with Gasteiger partial charge in [-0.25, -0.2) is 8.42 Å². The van der Waals surface area contributed by atoms with Gasteiger partial charge in [-0.15, -0.1) is 0 Å². The molecule has 1 atom stereocenters. The van der Waals surface area contributed by atoms with Crippen LogP contribution in [0, 0.1) is 13.8 Å². The van der Waals surface area contributed by atoms with Crippen molar-refractivity contribution in [3.8, 4) is 11.5 Å². The Labute approximate surface area is 161 Å². The summed E-state index contributed by atoms with van der Waals surface area (Å²) in [5, 5.41) is 0. The fourth-order valence-electron chi connectivity index (χ4n) is 3.94. The van der Waals surface area contributed by atoms with Crippen molar-refractivity contribution in [3.63, 3.8) is 0 Å². The highest BCUT2D eigenvalue weighted by Gasteiger charge is 2.35. The molecule has 27 heavy (non-hydrogen) atoms. The number of ether oxygens (including phenoxy) is 2. The zero-order valence-electron chi connectivity index (χ0n) is 16.0. The fourth-order valence-corrected chi connectivity index (χ4v) is 5.66. The lowest BCUT2D eigenvalue weighted by Gasteiger charge is -2.20. The molecule has 0 aromatic heterocycles. The van der Waals surface area contributed by atoms with Crippen LogP contribution in [0.3, 0.4) is 0 Å². The van der Waals surface area contributed by atoms with Crippen LogP contribution in [0.1, 0.15) is 34.6 Å². The Balaban J connectivity index is 1.61. The fraction of sp³-hybridized carbons (Fsp3) is 0.429. The number of methoxy groups -OCH3 is 1. The van der Waals surface area contributed by atoms with Gasteiger partial charge in [0.2, 0.25) is 10.0 Å². The van der Waals surface area contributed by atoms with E-state index in [1.165, 1.54) is 18.2 Å². The topological polar surface area (TPSA) is 55.8 Å². The first-order valence-corrected chi connectivity index (χ1v) is 10.7. The second kappa shape index (κ2) is 6.84. The largest absolute Gasteiger partial charge is 0.495 e. The maximum absolute atomic E-state index is 13.3. The van der Waals surface area contributed by atoms with Gasteiger partial charge in [-0.3, -0.25) is 0 Å². The van der Waals surface area contributed by atoms with E-state index in [0.717, 1.165) is 36.3 Å². The normalized spacial score (nSPS) is 19.7. The number of hydrogen-bond donors (Lipinski definition) is 0. The van der Waals surface area contributed by atoms with Crippen LogP contribution in [-0.4, -0.2) is 39.5 Å². The zero-order chi connectivity index (χ0) is 19.2. The molecule has 0 unspecified atom stereocenters. The van der Waals surface area contributed by atoms with Gasteiger partial charge in [-0.1, -0.05) is 12.1 Å². The van der Waals surface area contributed by atoms with Gasteiger partial charge in [0.05, 0.1) is 13.7 Å². The Hall–Kier alpha value is -2.05. The molecule has 0 bridgehead atoms. The number of benzene rings is 2. The van der Waals surface area contributed by atoms with Crippen molar-refractivity contribution in [1.29, 1.82) is 0 Å². The van der Waals surface area contributed by atoms with Gasteiger partial charge >= 0.3 is 0 Å². The molecule has 1 saturated heterocycles. The Morgan fingerprint density at radius 2 is 1.93 bits per heavy atom. The second-order valence-corrected chi connectivity index (χ2v) is 9.31. The zero-order valence-corrected chi connectivity index (χ0v) is 16.8. The number of fused-ring (bicyclic) bond motifs is 1. The summed E-state index contributed by atoms with van der Waals surface area (Å²) in [5.74, 6) is 1.58. The van der Waals surface area contributed by atoms with Crippen molar-refractivity contribution >= 4 is 10.0 Å². The molecule has 2 heterocycles. The smallest absolute Gasteiger partial charge is 0.246 e. The lowest BCUT2D eigenvalue weighted by Crippen LogP contribution is -2.29. The van der Waals surface area contributed by atoms with Crippen molar-refractivity contribution in [2.24, 2.45) is 0 Å². The summed E-state index contributed by atoms with van der Waals surface area (Å²) in [7, 11) is -2.07. The minimum Gasteiger partial charge on any atom is -0.495 e. The van der Waals surface area contributed by atoms with Gasteiger partial charge in [0.15, 0.2) is 0 Å². The second-order valence-electron chi connectivity index (χ2n) is 7.40. The van der Waals surface area contributed by atoms with Gasteiger partial charge < -0.3 is 9.47 Å². The molecule has 0 saturated carbocycles. The standard InChI is InChI=1S/C21H25NO4S/c1-14-10-20(25-3)21(11-15(14)2)27(23,24)22-8-6-18(13-22)16-4-5-19-17(12-16)7-9-26-19/h4-5,10-12,18H,6-9,13H2,1-3H3/t18-/m0/s1. The molecule has 2 aliphatic heterocycles. The number of hydrogen-bond acceptors (Lipinski definition) is 4. The van der Waals surface area contributed by atoms with Crippen LogP contribution < -0.4 is 9.47 Å². The average Bonchev–Trinajstić information content (AvgIpc) is 3.32. The van der Waals surface area contributed by atoms with E-state index in [9.17, 15) is 8.42 Å². The molecule has 0 spiro atoms. The molecule has 0 aliphatic carbocycles. The predicted octanol–water partition coefficient (Wildman–Crippen LogP) is 3.43. The number of aryl methyl sites for hydroxylation is 2. The van der Waals surface area contributed by atoms with E-state index in [1.54, 1.807) is 16.4 Å². The van der Waals surface area contributed by atoms with Crippen LogP contribution in [0.25, 0.3) is 0 Å². The van der Waals surface area contributed by atoms with Crippen LogP contribution in [0.2, 0.25) is 0 Å². The van der Waals surface area contributed by atoms with E-state index in [4.69, 9.17) is 9.47 Å². The molecule has 0 amide bonds. The first kappa shape index (κ1) is 18.3. The summed E-state index contributed by atoms with van der Waals surface area (Å²) in [6.07, 6.45) is 1.75. The summed E-state index contributed by atoms with van der Waals surface area (Å²) in [6.45, 7) is 5.64. The number of sulfonamides is 1. The molecule has 4 rings (SSSR count). The minimum atomic E-state index is -3.59. The van der Waals surface area contributed by atoms with Crippen molar-refractivity contribution in [3.05, 3.63) is 52.6 Å². The van der Waals surface area contributed by atoms with Crippen LogP contribution >= 0.6 is 0 Å². The van der Waals surface area contributed by atoms with Crippen molar-refractivity contribution in [2.75, 3.05) is 26.8 Å². The van der Waals surface area contributed by atoms with Gasteiger partial charge in [0.25, 0.3) is 0 Å². The monoisotopic (exact) mass is 387 g/mol. The summed E-state index contributed by atoms with van der Waals surface area (Å²) in [4.78, 5) is 0.260. The molecule has 2 aromatic carbocycles. The van der Waals surface area contributed by atoms with Crippen LogP contribution in [0.4, 0.5) is 0 Å². The third kappa shape index (κ3) is 3.21. The summed E-state index contributed by atoms with van der Waals surface area (Å²) >= 11 is 0. The highest BCUT2D eigenvalue weighted by molar-refractivity contribution is 7.89. The Morgan fingerprint density at radius 1 is 1.15 bits per heavy atom. The molecular weight excluding hydrogens is 362 g/mol. The van der Waals surface area contributed by atoms with Gasteiger partial charge in [-0.05, 0) is 66.6 Å². The van der Waals surface area contributed by atoms with Crippen molar-refractivity contribution < 1.29 is 17.9 Å². The van der Waals surface area contributed by atoms with E-state index in [0.29, 0.717) is 18.8 Å². The molecule has 2 aromatic rings. The first-order valence-electron chi connectivity index (χ1n) is 9.31. The van der Waals surface area contributed by atoms with E-state index in [-0.39, 0.29) is 10.8 Å². The minimum absolute atomic E-state index is 0.211. The highest BCUT2D eigenvalue weighted by atomic mass is 32.2. The average molecular weight is 388 g/mol. The molecule has 0 radical (unpaired) electrons. The first-order chi connectivity index (χ1) is 12.9. The summed E-state index contributed by atoms with van der Waals surface area (Å²) < 4.78 is 39.1. The summed E-state index contributed by atoms with van der Waals surface area (Å²) in [5.41, 5.74) is 4.39. The molecule has 0 N–H and O–H groups in total. The molecular formula is C21H25NO4S. The molecule has 2 aliphatic rings. The SMILES string of the molecule is COc1cc(C)c(C)cc1S(=O)(=O)N1CC[C@H](c2ccc3c(c2)CCO3)C1. The maximum atomic E-state index is 13.3. The van der Waals surface area contributed by atoms with Gasteiger partial charge in [0.1, 0.15) is 16.4 Å². The van der Waals surface area contributed by atoms with E-state index in [1.807, 2.05) is 19.9 Å².